The molecule has 0 saturated carbocycles. The van der Waals surface area contributed by atoms with Crippen LogP contribution in [0.5, 0.6) is 0 Å². The van der Waals surface area contributed by atoms with Gasteiger partial charge in [0.15, 0.2) is 11.4 Å². The molecule has 0 radical (unpaired) electrons. The minimum Gasteiger partial charge on any atom is -0.344 e. The van der Waals surface area contributed by atoms with Gasteiger partial charge < -0.3 is 10.6 Å². The zero-order valence-corrected chi connectivity index (χ0v) is 16.2. The van der Waals surface area contributed by atoms with Crippen LogP contribution in [0.3, 0.4) is 0 Å². The van der Waals surface area contributed by atoms with Crippen molar-refractivity contribution in [3.8, 4) is 12.1 Å². The Labute approximate surface area is 155 Å². The van der Waals surface area contributed by atoms with Crippen molar-refractivity contribution in [2.24, 2.45) is 0 Å². The first-order chi connectivity index (χ1) is 12.3. The molecule has 26 heavy (non-hydrogen) atoms. The number of nitrogens with one attached hydrogen (secondary N) is 2. The molecule has 2 rings (SSSR count). The smallest absolute Gasteiger partial charge is 0.152 e. The molecule has 0 spiro atoms. The second-order valence-corrected chi connectivity index (χ2v) is 6.77. The topological polar surface area (TPSA) is 71.6 Å². The summed E-state index contributed by atoms with van der Waals surface area (Å²) in [6, 6.07) is 12.5. The van der Waals surface area contributed by atoms with Crippen LogP contribution in [0.1, 0.15) is 33.4 Å². The number of hydrogen-bond donors (Lipinski definition) is 2. The standard InChI is InChI=1S/C22H24N4/c1-13-7-15(3)21(16(4)8-13)25-19(11-23)20(12-24)26-22-17(5)9-14(2)10-18(22)6/h7-10,25-26H,1-6H3. The molecule has 132 valence electrons. The van der Waals surface area contributed by atoms with Gasteiger partial charge in [-0.1, -0.05) is 35.4 Å². The third-order valence-electron chi connectivity index (χ3n) is 4.33. The Balaban J connectivity index is 2.47. The lowest BCUT2D eigenvalue weighted by Crippen LogP contribution is -2.11. The van der Waals surface area contributed by atoms with Gasteiger partial charge in [-0.3, -0.25) is 0 Å². The van der Waals surface area contributed by atoms with E-state index in [-0.39, 0.29) is 11.4 Å². The lowest BCUT2D eigenvalue weighted by molar-refractivity contribution is 1.25. The molecule has 4 heteroatoms. The van der Waals surface area contributed by atoms with Crippen LogP contribution in [0.4, 0.5) is 11.4 Å². The van der Waals surface area contributed by atoms with Crippen LogP contribution in [-0.4, -0.2) is 0 Å². The van der Waals surface area contributed by atoms with E-state index < -0.39 is 0 Å². The van der Waals surface area contributed by atoms with Gasteiger partial charge in [-0.05, 0) is 63.8 Å². The van der Waals surface area contributed by atoms with E-state index >= 15 is 0 Å². The molecule has 2 aromatic carbocycles. The number of nitriles is 2. The third-order valence-corrected chi connectivity index (χ3v) is 4.33. The summed E-state index contributed by atoms with van der Waals surface area (Å²) in [7, 11) is 0. The average Bonchev–Trinajstić information content (AvgIpc) is 2.54. The van der Waals surface area contributed by atoms with Gasteiger partial charge in [0, 0.05) is 11.4 Å². The van der Waals surface area contributed by atoms with Gasteiger partial charge in [0.1, 0.15) is 12.1 Å². The van der Waals surface area contributed by atoms with Crippen LogP contribution in [0.25, 0.3) is 0 Å². The minimum atomic E-state index is 0.210. The number of benzene rings is 2. The minimum absolute atomic E-state index is 0.210. The Kier molecular flexibility index (Phi) is 5.70. The normalized spacial score (nSPS) is 11.2. The highest BCUT2D eigenvalue weighted by atomic mass is 15.0. The molecule has 0 amide bonds. The van der Waals surface area contributed by atoms with Gasteiger partial charge in [-0.15, -0.1) is 0 Å². The molecule has 0 aromatic heterocycles. The maximum atomic E-state index is 9.62. The maximum absolute atomic E-state index is 9.62. The van der Waals surface area contributed by atoms with Crippen LogP contribution in [0.15, 0.2) is 35.7 Å². The van der Waals surface area contributed by atoms with Gasteiger partial charge in [-0.25, -0.2) is 0 Å². The number of nitrogens with zero attached hydrogens (tertiary/aromatic N) is 2. The molecule has 2 aromatic rings. The molecule has 0 bridgehead atoms. The summed E-state index contributed by atoms with van der Waals surface area (Å²) in [5.74, 6) is 0. The predicted molar refractivity (Wildman–Crippen MR) is 107 cm³/mol. The van der Waals surface area contributed by atoms with Crippen molar-refractivity contribution in [2.75, 3.05) is 10.6 Å². The van der Waals surface area contributed by atoms with E-state index in [1.807, 2.05) is 41.5 Å². The van der Waals surface area contributed by atoms with Gasteiger partial charge in [0.05, 0.1) is 0 Å². The van der Waals surface area contributed by atoms with Crippen molar-refractivity contribution >= 4 is 11.4 Å². The van der Waals surface area contributed by atoms with E-state index in [2.05, 4.69) is 47.0 Å². The molecule has 0 aliphatic carbocycles. The number of hydrogen-bond acceptors (Lipinski definition) is 4. The first-order valence-corrected chi connectivity index (χ1v) is 8.51. The number of allylic oxidation sites excluding steroid dienone is 2. The van der Waals surface area contributed by atoms with E-state index in [4.69, 9.17) is 0 Å². The van der Waals surface area contributed by atoms with Gasteiger partial charge in [0.25, 0.3) is 0 Å². The lowest BCUT2D eigenvalue weighted by atomic mass is 10.0. The van der Waals surface area contributed by atoms with E-state index in [9.17, 15) is 10.5 Å². The molecule has 0 unspecified atom stereocenters. The van der Waals surface area contributed by atoms with E-state index in [1.54, 1.807) is 0 Å². The lowest BCUT2D eigenvalue weighted by Gasteiger charge is -2.16. The second-order valence-electron chi connectivity index (χ2n) is 6.77. The Hall–Kier alpha value is -3.24. The predicted octanol–water partition coefficient (Wildman–Crippen LogP) is 5.32. The highest BCUT2D eigenvalue weighted by molar-refractivity contribution is 5.68. The summed E-state index contributed by atoms with van der Waals surface area (Å²) in [4.78, 5) is 0. The summed E-state index contributed by atoms with van der Waals surface area (Å²) >= 11 is 0. The van der Waals surface area contributed by atoms with Gasteiger partial charge in [-0.2, -0.15) is 10.5 Å². The van der Waals surface area contributed by atoms with E-state index in [1.165, 1.54) is 0 Å². The molecular formula is C22H24N4. The van der Waals surface area contributed by atoms with Crippen molar-refractivity contribution in [2.45, 2.75) is 41.5 Å². The first kappa shape index (κ1) is 19.1. The second kappa shape index (κ2) is 7.76. The zero-order valence-electron chi connectivity index (χ0n) is 16.2. The van der Waals surface area contributed by atoms with Crippen molar-refractivity contribution in [3.05, 3.63) is 69.0 Å². The Morgan fingerprint density at radius 1 is 0.615 bits per heavy atom. The third kappa shape index (κ3) is 4.05. The quantitative estimate of drug-likeness (QED) is 0.736. The van der Waals surface area contributed by atoms with Gasteiger partial charge >= 0.3 is 0 Å². The summed E-state index contributed by atoms with van der Waals surface area (Å²) in [5, 5.41) is 25.5. The highest BCUT2D eigenvalue weighted by Gasteiger charge is 2.13. The number of rotatable bonds is 4. The van der Waals surface area contributed by atoms with E-state index in [0.29, 0.717) is 0 Å². The highest BCUT2D eigenvalue weighted by Crippen LogP contribution is 2.26. The molecule has 0 saturated heterocycles. The zero-order chi connectivity index (χ0) is 19.4. The van der Waals surface area contributed by atoms with Crippen LogP contribution in [0, 0.1) is 64.2 Å². The van der Waals surface area contributed by atoms with Gasteiger partial charge in [0.2, 0.25) is 0 Å². The molecule has 0 aliphatic rings. The van der Waals surface area contributed by atoms with Crippen LogP contribution in [0.2, 0.25) is 0 Å². The molecule has 0 fully saturated rings. The Morgan fingerprint density at radius 2 is 0.885 bits per heavy atom. The molecular weight excluding hydrogens is 320 g/mol. The maximum Gasteiger partial charge on any atom is 0.152 e. The number of anilines is 2. The SMILES string of the molecule is Cc1cc(C)c(NC(C#N)=C(C#N)Nc2c(C)cc(C)cc2C)c(C)c1. The molecule has 2 N–H and O–H groups in total. The largest absolute Gasteiger partial charge is 0.344 e. The first-order valence-electron chi connectivity index (χ1n) is 8.51. The summed E-state index contributed by atoms with van der Waals surface area (Å²) < 4.78 is 0. The average molecular weight is 344 g/mol. The Bertz CT molecular complexity index is 843. The Morgan fingerprint density at radius 3 is 1.12 bits per heavy atom. The van der Waals surface area contributed by atoms with Crippen LogP contribution in [-0.2, 0) is 0 Å². The molecule has 0 atom stereocenters. The fourth-order valence-electron chi connectivity index (χ4n) is 3.30. The van der Waals surface area contributed by atoms with Crippen molar-refractivity contribution < 1.29 is 0 Å². The monoisotopic (exact) mass is 344 g/mol. The fourth-order valence-corrected chi connectivity index (χ4v) is 3.30. The van der Waals surface area contributed by atoms with Crippen molar-refractivity contribution in [1.82, 2.24) is 0 Å². The van der Waals surface area contributed by atoms with Crippen LogP contribution < -0.4 is 10.6 Å². The fraction of sp³-hybridized carbons (Fsp3) is 0.273. The molecule has 4 nitrogen and oxygen atoms in total. The van der Waals surface area contributed by atoms with Crippen molar-refractivity contribution in [1.29, 1.82) is 10.5 Å². The van der Waals surface area contributed by atoms with Crippen molar-refractivity contribution in [3.63, 3.8) is 0 Å². The number of aryl methyl sites for hydroxylation is 6. The summed E-state index contributed by atoms with van der Waals surface area (Å²) in [6.45, 7) is 12.0. The molecule has 0 heterocycles. The summed E-state index contributed by atoms with van der Waals surface area (Å²) in [5.41, 5.74) is 8.62. The molecule has 0 aliphatic heterocycles. The summed E-state index contributed by atoms with van der Waals surface area (Å²) in [6.07, 6.45) is 0. The van der Waals surface area contributed by atoms with Crippen LogP contribution >= 0.6 is 0 Å². The van der Waals surface area contributed by atoms with E-state index in [0.717, 1.165) is 44.8 Å².